The van der Waals surface area contributed by atoms with Gasteiger partial charge in [0.15, 0.2) is 0 Å². The van der Waals surface area contributed by atoms with E-state index in [1.165, 1.54) is 0 Å². The van der Waals surface area contributed by atoms with Crippen LogP contribution >= 0.6 is 0 Å². The van der Waals surface area contributed by atoms with Crippen LogP contribution in [0.5, 0.6) is 0 Å². The summed E-state index contributed by atoms with van der Waals surface area (Å²) in [4.78, 5) is 0.397. The molecule has 5 nitrogen and oxygen atoms in total. The Morgan fingerprint density at radius 1 is 0.955 bits per heavy atom. The maximum atomic E-state index is 12.8. The molecule has 0 radical (unpaired) electrons. The van der Waals surface area contributed by atoms with Gasteiger partial charge in [0.25, 0.3) is 0 Å². The molecule has 120 valence electrons. The second-order valence-corrected chi connectivity index (χ2v) is 7.50. The standard InChI is InChI=1S/C16H23N3O2S/c1-9-10(2)12(4)16(13(5)11(9)3)22(20,21)18-8-15-7-17-19-14(15)6/h7,18H,8H2,1-6H3,(H,17,19). The number of aryl methyl sites for hydroxylation is 1. The van der Waals surface area contributed by atoms with Crippen LogP contribution in [-0.4, -0.2) is 18.6 Å². The highest BCUT2D eigenvalue weighted by Crippen LogP contribution is 2.29. The van der Waals surface area contributed by atoms with Crippen molar-refractivity contribution in [2.24, 2.45) is 0 Å². The summed E-state index contributed by atoms with van der Waals surface area (Å²) >= 11 is 0. The lowest BCUT2D eigenvalue weighted by molar-refractivity contribution is 0.579. The zero-order valence-electron chi connectivity index (χ0n) is 14.0. The highest BCUT2D eigenvalue weighted by molar-refractivity contribution is 7.89. The van der Waals surface area contributed by atoms with Gasteiger partial charge in [-0.15, -0.1) is 0 Å². The largest absolute Gasteiger partial charge is 0.283 e. The highest BCUT2D eigenvalue weighted by atomic mass is 32.2. The molecule has 0 spiro atoms. The Hall–Kier alpha value is -1.66. The monoisotopic (exact) mass is 321 g/mol. The van der Waals surface area contributed by atoms with Crippen molar-refractivity contribution >= 4 is 10.0 Å². The van der Waals surface area contributed by atoms with Crippen LogP contribution in [0.4, 0.5) is 0 Å². The summed E-state index contributed by atoms with van der Waals surface area (Å²) in [6, 6.07) is 0. The van der Waals surface area contributed by atoms with Gasteiger partial charge >= 0.3 is 0 Å². The van der Waals surface area contributed by atoms with Gasteiger partial charge in [0, 0.05) is 17.8 Å². The Labute approximate surface area is 132 Å². The summed E-state index contributed by atoms with van der Waals surface area (Å²) in [6.07, 6.45) is 1.64. The summed E-state index contributed by atoms with van der Waals surface area (Å²) in [5.41, 5.74) is 6.56. The van der Waals surface area contributed by atoms with E-state index < -0.39 is 10.0 Å². The smallest absolute Gasteiger partial charge is 0.241 e. The van der Waals surface area contributed by atoms with Gasteiger partial charge < -0.3 is 0 Å². The minimum atomic E-state index is -3.57. The maximum absolute atomic E-state index is 12.8. The second kappa shape index (κ2) is 5.85. The molecule has 0 aliphatic rings. The number of benzene rings is 1. The molecule has 0 aliphatic heterocycles. The Morgan fingerprint density at radius 2 is 1.45 bits per heavy atom. The molecule has 2 rings (SSSR count). The topological polar surface area (TPSA) is 74.8 Å². The van der Waals surface area contributed by atoms with Crippen molar-refractivity contribution in [3.63, 3.8) is 0 Å². The van der Waals surface area contributed by atoms with Crippen molar-refractivity contribution in [1.29, 1.82) is 0 Å². The number of sulfonamides is 1. The van der Waals surface area contributed by atoms with Crippen LogP contribution < -0.4 is 4.72 Å². The van der Waals surface area contributed by atoms with Crippen LogP contribution in [0.3, 0.4) is 0 Å². The third-order valence-corrected chi connectivity index (χ3v) is 6.26. The molecule has 22 heavy (non-hydrogen) atoms. The minimum absolute atomic E-state index is 0.232. The van der Waals surface area contributed by atoms with Crippen LogP contribution in [-0.2, 0) is 16.6 Å². The normalized spacial score (nSPS) is 11.9. The van der Waals surface area contributed by atoms with Gasteiger partial charge in [0.1, 0.15) is 0 Å². The fraction of sp³-hybridized carbons (Fsp3) is 0.438. The van der Waals surface area contributed by atoms with E-state index >= 15 is 0 Å². The summed E-state index contributed by atoms with van der Waals surface area (Å²) < 4.78 is 28.2. The van der Waals surface area contributed by atoms with Crippen LogP contribution in [0.2, 0.25) is 0 Å². The lowest BCUT2D eigenvalue weighted by atomic mass is 9.95. The first-order valence-corrected chi connectivity index (χ1v) is 8.70. The van der Waals surface area contributed by atoms with Crippen molar-refractivity contribution in [2.45, 2.75) is 53.0 Å². The number of nitrogens with zero attached hydrogens (tertiary/aromatic N) is 1. The van der Waals surface area contributed by atoms with Gasteiger partial charge in [0.2, 0.25) is 10.0 Å². The Bertz CT molecular complexity index is 791. The fourth-order valence-corrected chi connectivity index (χ4v) is 4.27. The van der Waals surface area contributed by atoms with Crippen LogP contribution in [0.25, 0.3) is 0 Å². The molecule has 2 N–H and O–H groups in total. The van der Waals surface area contributed by atoms with E-state index in [0.717, 1.165) is 39.1 Å². The Kier molecular flexibility index (Phi) is 4.44. The molecule has 0 atom stereocenters. The lowest BCUT2D eigenvalue weighted by Gasteiger charge is -2.19. The van der Waals surface area contributed by atoms with Crippen molar-refractivity contribution in [1.82, 2.24) is 14.9 Å². The fourth-order valence-electron chi connectivity index (χ4n) is 2.67. The molecule has 0 amide bonds. The molecular weight excluding hydrogens is 298 g/mol. The molecular formula is C16H23N3O2S. The predicted molar refractivity (Wildman–Crippen MR) is 87.5 cm³/mol. The van der Waals surface area contributed by atoms with Crippen molar-refractivity contribution in [2.75, 3.05) is 0 Å². The summed E-state index contributed by atoms with van der Waals surface area (Å²) in [5.74, 6) is 0. The average Bonchev–Trinajstić information content (AvgIpc) is 2.86. The molecule has 0 aliphatic carbocycles. The van der Waals surface area contributed by atoms with Gasteiger partial charge in [-0.05, 0) is 69.4 Å². The van der Waals surface area contributed by atoms with E-state index in [2.05, 4.69) is 14.9 Å². The first-order valence-electron chi connectivity index (χ1n) is 7.22. The SMILES string of the molecule is Cc1[nH]ncc1CNS(=O)(=O)c1c(C)c(C)c(C)c(C)c1C. The minimum Gasteiger partial charge on any atom is -0.283 e. The van der Waals surface area contributed by atoms with E-state index in [0.29, 0.717) is 4.90 Å². The zero-order chi connectivity index (χ0) is 16.7. The number of nitrogens with one attached hydrogen (secondary N) is 2. The summed E-state index contributed by atoms with van der Waals surface area (Å²) in [6.45, 7) is 11.8. The number of hydrogen-bond donors (Lipinski definition) is 2. The number of aromatic amines is 1. The van der Waals surface area contributed by atoms with Crippen molar-refractivity contribution < 1.29 is 8.42 Å². The van der Waals surface area contributed by atoms with Gasteiger partial charge in [-0.3, -0.25) is 5.10 Å². The second-order valence-electron chi connectivity index (χ2n) is 5.80. The maximum Gasteiger partial charge on any atom is 0.241 e. The van der Waals surface area contributed by atoms with E-state index in [9.17, 15) is 8.42 Å². The zero-order valence-corrected chi connectivity index (χ0v) is 14.8. The molecule has 1 aromatic heterocycles. The van der Waals surface area contributed by atoms with Gasteiger partial charge in [0.05, 0.1) is 11.1 Å². The first-order chi connectivity index (χ1) is 10.2. The number of aromatic nitrogens is 2. The van der Waals surface area contributed by atoms with E-state index in [1.54, 1.807) is 6.20 Å². The molecule has 0 saturated carbocycles. The Balaban J connectivity index is 2.44. The Morgan fingerprint density at radius 3 is 1.91 bits per heavy atom. The van der Waals surface area contributed by atoms with E-state index in [4.69, 9.17) is 0 Å². The molecule has 0 unspecified atom stereocenters. The third kappa shape index (κ3) is 2.80. The lowest BCUT2D eigenvalue weighted by Crippen LogP contribution is -2.26. The first kappa shape index (κ1) is 16.7. The molecule has 0 fully saturated rings. The van der Waals surface area contributed by atoms with Crippen LogP contribution in [0.1, 0.15) is 39.1 Å². The number of hydrogen-bond acceptors (Lipinski definition) is 3. The summed E-state index contributed by atoms with van der Waals surface area (Å²) in [5, 5.41) is 6.72. The van der Waals surface area contributed by atoms with Crippen molar-refractivity contribution in [3.8, 4) is 0 Å². The highest BCUT2D eigenvalue weighted by Gasteiger charge is 2.23. The molecule has 6 heteroatoms. The predicted octanol–water partition coefficient (Wildman–Crippen LogP) is 2.74. The molecule has 2 aromatic rings. The van der Waals surface area contributed by atoms with Crippen LogP contribution in [0, 0.1) is 41.5 Å². The number of rotatable bonds is 4. The van der Waals surface area contributed by atoms with E-state index in [1.807, 2.05) is 41.5 Å². The average molecular weight is 321 g/mol. The van der Waals surface area contributed by atoms with E-state index in [-0.39, 0.29) is 6.54 Å². The van der Waals surface area contributed by atoms with Gasteiger partial charge in [-0.2, -0.15) is 5.10 Å². The molecule has 1 heterocycles. The summed E-state index contributed by atoms with van der Waals surface area (Å²) in [7, 11) is -3.57. The number of H-pyrrole nitrogens is 1. The van der Waals surface area contributed by atoms with Gasteiger partial charge in [-0.25, -0.2) is 13.1 Å². The van der Waals surface area contributed by atoms with Crippen LogP contribution in [0.15, 0.2) is 11.1 Å². The quantitative estimate of drug-likeness (QED) is 0.909. The molecule has 1 aromatic carbocycles. The molecule has 0 bridgehead atoms. The molecule has 0 saturated heterocycles. The third-order valence-electron chi connectivity index (χ3n) is 4.59. The van der Waals surface area contributed by atoms with Crippen molar-refractivity contribution in [3.05, 3.63) is 45.3 Å². The van der Waals surface area contributed by atoms with Gasteiger partial charge in [-0.1, -0.05) is 0 Å².